The number of rotatable bonds is 5. The summed E-state index contributed by atoms with van der Waals surface area (Å²) in [6.45, 7) is 0. The Bertz CT molecular complexity index is 1430. The minimum Gasteiger partial charge on any atom is -0.457 e. The van der Waals surface area contributed by atoms with Gasteiger partial charge in [-0.15, -0.1) is 0 Å². The third kappa shape index (κ3) is 4.34. The van der Waals surface area contributed by atoms with Crippen LogP contribution in [0.3, 0.4) is 0 Å². The van der Waals surface area contributed by atoms with E-state index in [1.165, 1.54) is 6.07 Å². The highest BCUT2D eigenvalue weighted by Gasteiger charge is 2.40. The fourth-order valence-electron chi connectivity index (χ4n) is 4.67. The number of aromatic nitrogens is 3. The first-order valence-electron chi connectivity index (χ1n) is 11.4. The topological polar surface area (TPSA) is 79.9 Å². The number of pyridine rings is 1. The zero-order valence-electron chi connectivity index (χ0n) is 18.5. The lowest BCUT2D eigenvalue weighted by Crippen LogP contribution is -2.20. The van der Waals surface area contributed by atoms with Crippen molar-refractivity contribution in [1.82, 2.24) is 15.0 Å². The number of aromatic amines is 1. The van der Waals surface area contributed by atoms with Crippen molar-refractivity contribution >= 4 is 22.8 Å². The van der Waals surface area contributed by atoms with E-state index < -0.39 is 11.7 Å². The van der Waals surface area contributed by atoms with Crippen LogP contribution < -0.4 is 10.1 Å². The third-order valence-corrected chi connectivity index (χ3v) is 6.62. The molecule has 4 aromatic rings. The summed E-state index contributed by atoms with van der Waals surface area (Å²) >= 11 is 0. The molecule has 35 heavy (non-hydrogen) atoms. The van der Waals surface area contributed by atoms with Gasteiger partial charge in [0, 0.05) is 24.1 Å². The molecule has 6 rings (SSSR count). The van der Waals surface area contributed by atoms with Gasteiger partial charge in [0.1, 0.15) is 23.1 Å². The van der Waals surface area contributed by atoms with Gasteiger partial charge in [-0.1, -0.05) is 12.1 Å². The number of fused-ring (bicyclic) bond motifs is 2. The summed E-state index contributed by atoms with van der Waals surface area (Å²) in [5.41, 5.74) is 2.35. The van der Waals surface area contributed by atoms with E-state index in [1.54, 1.807) is 12.3 Å². The Morgan fingerprint density at radius 2 is 1.89 bits per heavy atom. The molecule has 0 saturated heterocycles. The first kappa shape index (κ1) is 21.6. The molecule has 2 aromatic heterocycles. The number of benzene rings is 2. The molecule has 6 nitrogen and oxygen atoms in total. The van der Waals surface area contributed by atoms with Crippen molar-refractivity contribution in [3.63, 3.8) is 0 Å². The van der Waals surface area contributed by atoms with Crippen molar-refractivity contribution in [1.29, 1.82) is 0 Å². The van der Waals surface area contributed by atoms with E-state index in [0.29, 0.717) is 47.1 Å². The van der Waals surface area contributed by atoms with Crippen molar-refractivity contribution in [3.05, 3.63) is 77.2 Å². The Hall–Kier alpha value is -3.88. The van der Waals surface area contributed by atoms with Crippen molar-refractivity contribution in [2.75, 3.05) is 5.32 Å². The molecule has 0 unspecified atom stereocenters. The lowest BCUT2D eigenvalue weighted by atomic mass is 10.1. The molecule has 3 heterocycles. The van der Waals surface area contributed by atoms with Gasteiger partial charge in [-0.2, -0.15) is 13.2 Å². The summed E-state index contributed by atoms with van der Waals surface area (Å²) in [7, 11) is 0. The summed E-state index contributed by atoms with van der Waals surface area (Å²) in [5, 5.41) is 2.77. The molecule has 178 valence electrons. The smallest absolute Gasteiger partial charge is 0.416 e. The molecule has 1 aliphatic carbocycles. The van der Waals surface area contributed by atoms with E-state index in [9.17, 15) is 18.0 Å². The van der Waals surface area contributed by atoms with Crippen LogP contribution in [0, 0.1) is 5.92 Å². The maximum absolute atomic E-state index is 13.0. The summed E-state index contributed by atoms with van der Waals surface area (Å²) in [4.78, 5) is 23.4. The van der Waals surface area contributed by atoms with Gasteiger partial charge < -0.3 is 15.0 Å². The molecule has 2 atom stereocenters. The van der Waals surface area contributed by atoms with Crippen LogP contribution in [0.4, 0.5) is 19.0 Å². The zero-order valence-corrected chi connectivity index (χ0v) is 18.5. The fraction of sp³-hybridized carbons (Fsp3) is 0.269. The second kappa shape index (κ2) is 8.11. The largest absolute Gasteiger partial charge is 0.457 e. The van der Waals surface area contributed by atoms with Gasteiger partial charge in [0.15, 0.2) is 0 Å². The van der Waals surface area contributed by atoms with E-state index >= 15 is 0 Å². The second-order valence-electron chi connectivity index (χ2n) is 9.09. The monoisotopic (exact) mass is 478 g/mol. The van der Waals surface area contributed by atoms with Gasteiger partial charge >= 0.3 is 6.18 Å². The molecular formula is C26H21F3N4O2. The number of carbonyl (C=O) groups excluding carboxylic acids is 1. The van der Waals surface area contributed by atoms with Gasteiger partial charge in [0.2, 0.25) is 5.91 Å². The van der Waals surface area contributed by atoms with Crippen LogP contribution in [-0.2, 0) is 23.8 Å². The number of nitrogens with one attached hydrogen (secondary N) is 2. The average Bonchev–Trinajstić information content (AvgIpc) is 3.46. The van der Waals surface area contributed by atoms with Gasteiger partial charge in [-0.25, -0.2) is 9.97 Å². The molecule has 1 amide bonds. The fourth-order valence-corrected chi connectivity index (χ4v) is 4.67. The Morgan fingerprint density at radius 3 is 2.69 bits per heavy atom. The van der Waals surface area contributed by atoms with Crippen LogP contribution >= 0.6 is 0 Å². The molecule has 0 bridgehead atoms. The average molecular weight is 478 g/mol. The zero-order chi connectivity index (χ0) is 24.2. The van der Waals surface area contributed by atoms with Gasteiger partial charge in [0.25, 0.3) is 0 Å². The number of carbonyl (C=O) groups is 1. The molecule has 1 aliphatic heterocycles. The lowest BCUT2D eigenvalue weighted by molar-refractivity contribution is -0.137. The van der Waals surface area contributed by atoms with Crippen LogP contribution in [0.25, 0.3) is 11.0 Å². The van der Waals surface area contributed by atoms with Crippen LogP contribution in [0.1, 0.15) is 41.3 Å². The lowest BCUT2D eigenvalue weighted by Gasteiger charge is -2.18. The highest BCUT2D eigenvalue weighted by molar-refractivity contribution is 5.93. The van der Waals surface area contributed by atoms with Crippen molar-refractivity contribution in [2.45, 2.75) is 37.8 Å². The van der Waals surface area contributed by atoms with E-state index in [4.69, 9.17) is 4.74 Å². The number of imidazole rings is 1. The maximum atomic E-state index is 13.0. The predicted octanol–water partition coefficient (Wildman–Crippen LogP) is 6.00. The van der Waals surface area contributed by atoms with Crippen LogP contribution in [0.2, 0.25) is 0 Å². The molecule has 2 N–H and O–H groups in total. The van der Waals surface area contributed by atoms with Crippen LogP contribution in [0.5, 0.6) is 11.5 Å². The van der Waals surface area contributed by atoms with E-state index in [1.807, 2.05) is 24.3 Å². The summed E-state index contributed by atoms with van der Waals surface area (Å²) in [5.74, 6) is 3.24. The molecule has 1 saturated carbocycles. The Morgan fingerprint density at radius 1 is 1.06 bits per heavy atom. The molecule has 2 aromatic carbocycles. The summed E-state index contributed by atoms with van der Waals surface area (Å²) in [6, 6.07) is 13.3. The molecule has 0 radical (unpaired) electrons. The normalized spacial score (nSPS) is 19.3. The third-order valence-electron chi connectivity index (χ3n) is 6.62. The molecule has 2 aliphatic rings. The quantitative estimate of drug-likeness (QED) is 0.369. The minimum atomic E-state index is -4.37. The predicted molar refractivity (Wildman–Crippen MR) is 123 cm³/mol. The maximum Gasteiger partial charge on any atom is 0.416 e. The number of hydrogen-bond acceptors (Lipinski definition) is 4. The number of H-pyrrole nitrogens is 1. The highest BCUT2D eigenvalue weighted by Crippen LogP contribution is 2.48. The number of alkyl halides is 3. The standard InChI is InChI=1S/C26H21F3N4O2/c27-26(28,29)16-3-7-20-21(13-16)32-25(31-20)19-12-15(19)11-14-1-4-17(5-2-14)35-22-9-10-30-24-18(22)6-8-23(34)33-24/h1-5,7,9-10,13,15,19H,6,8,11-12H2,(H,31,32)(H,30,33,34)/t15-,19-/m1/s1. The van der Waals surface area contributed by atoms with Crippen molar-refractivity contribution < 1.29 is 22.7 Å². The number of nitrogens with zero attached hydrogens (tertiary/aromatic N) is 2. The van der Waals surface area contributed by atoms with E-state index in [2.05, 4.69) is 20.3 Å². The minimum absolute atomic E-state index is 0.0430. The number of hydrogen-bond donors (Lipinski definition) is 2. The Balaban J connectivity index is 1.11. The highest BCUT2D eigenvalue weighted by atomic mass is 19.4. The van der Waals surface area contributed by atoms with Crippen molar-refractivity contribution in [2.24, 2.45) is 5.92 Å². The first-order chi connectivity index (χ1) is 16.8. The first-order valence-corrected chi connectivity index (χ1v) is 11.4. The number of ether oxygens (including phenoxy) is 1. The molecular weight excluding hydrogens is 457 g/mol. The summed E-state index contributed by atoms with van der Waals surface area (Å²) in [6.07, 6.45) is 0.0368. The van der Waals surface area contributed by atoms with Gasteiger partial charge in [-0.05, 0) is 67.1 Å². The SMILES string of the molecule is O=C1CCc2c(Oc3ccc(C[C@@H]4C[C@H]4c4nc5ccc(C(F)(F)F)cc5[nH]4)cc3)ccnc2N1. The Kier molecular flexibility index (Phi) is 5.01. The van der Waals surface area contributed by atoms with Gasteiger partial charge in [0.05, 0.1) is 16.6 Å². The summed E-state index contributed by atoms with van der Waals surface area (Å²) < 4.78 is 45.0. The van der Waals surface area contributed by atoms with E-state index in [-0.39, 0.29) is 11.8 Å². The number of anilines is 1. The number of amides is 1. The van der Waals surface area contributed by atoms with Gasteiger partial charge in [-0.3, -0.25) is 4.79 Å². The van der Waals surface area contributed by atoms with E-state index in [0.717, 1.165) is 41.9 Å². The number of halogens is 3. The van der Waals surface area contributed by atoms with Crippen molar-refractivity contribution in [3.8, 4) is 11.5 Å². The molecule has 1 fully saturated rings. The van der Waals surface area contributed by atoms with Crippen LogP contribution in [-0.4, -0.2) is 20.9 Å². The molecule has 0 spiro atoms. The second-order valence-corrected chi connectivity index (χ2v) is 9.09. The Labute approximate surface area is 198 Å². The molecule has 9 heteroatoms. The van der Waals surface area contributed by atoms with Crippen LogP contribution in [0.15, 0.2) is 54.7 Å².